The summed E-state index contributed by atoms with van der Waals surface area (Å²) in [6.45, 7) is 0.500. The minimum Gasteiger partial charge on any atom is -0.351 e. The van der Waals surface area contributed by atoms with Gasteiger partial charge in [0, 0.05) is 6.54 Å². The Morgan fingerprint density at radius 3 is 2.54 bits per heavy atom. The normalized spacial score (nSPS) is 10.3. The molecule has 2 amide bonds. The van der Waals surface area contributed by atoms with Crippen molar-refractivity contribution in [3.63, 3.8) is 0 Å². The van der Waals surface area contributed by atoms with E-state index in [1.165, 1.54) is 23.1 Å². The molecule has 0 saturated heterocycles. The maximum atomic E-state index is 11.9. The number of amides is 2. The number of hydrogen-bond donors (Lipinski definition) is 2. The highest BCUT2D eigenvalue weighted by Crippen LogP contribution is 2.16. The van der Waals surface area contributed by atoms with E-state index in [-0.39, 0.29) is 17.6 Å². The molecule has 132 valence electrons. The van der Waals surface area contributed by atoms with Crippen molar-refractivity contribution in [3.8, 4) is 0 Å². The molecule has 0 aliphatic carbocycles. The topological polar surface area (TPSA) is 84.0 Å². The molecular weight excluding hydrogens is 368 g/mol. The predicted octanol–water partition coefficient (Wildman–Crippen LogP) is 3.20. The Hall–Kier alpha value is -2.71. The number of carbonyl (C=O) groups is 2. The Balaban J connectivity index is 1.44. The zero-order chi connectivity index (χ0) is 18.2. The van der Waals surface area contributed by atoms with E-state index >= 15 is 0 Å². The lowest BCUT2D eigenvalue weighted by Crippen LogP contribution is -2.24. The van der Waals surface area contributed by atoms with Crippen LogP contribution in [0.1, 0.15) is 15.2 Å². The van der Waals surface area contributed by atoms with Gasteiger partial charge in [-0.2, -0.15) is 0 Å². The number of aromatic nitrogens is 2. The zero-order valence-electron chi connectivity index (χ0n) is 13.7. The largest absolute Gasteiger partial charge is 0.351 e. The second kappa shape index (κ2) is 9.12. The highest BCUT2D eigenvalue weighted by molar-refractivity contribution is 7.99. The molecule has 1 aromatic carbocycles. The summed E-state index contributed by atoms with van der Waals surface area (Å²) in [6, 6.07) is 16.7. The molecule has 3 aromatic rings. The molecule has 8 heteroatoms. The van der Waals surface area contributed by atoms with Crippen molar-refractivity contribution in [2.45, 2.75) is 11.6 Å². The molecule has 0 spiro atoms. The molecular formula is C18H16N4O2S2. The molecule has 0 aliphatic rings. The van der Waals surface area contributed by atoms with Crippen molar-refractivity contribution in [1.82, 2.24) is 15.5 Å². The third-order valence-electron chi connectivity index (χ3n) is 3.31. The van der Waals surface area contributed by atoms with Crippen LogP contribution in [0.15, 0.2) is 65.0 Å². The highest BCUT2D eigenvalue weighted by Gasteiger charge is 2.09. The van der Waals surface area contributed by atoms with Crippen LogP contribution >= 0.6 is 23.1 Å². The first-order chi connectivity index (χ1) is 12.7. The Morgan fingerprint density at radius 2 is 1.85 bits per heavy atom. The molecule has 2 N–H and O–H groups in total. The molecule has 3 rings (SSSR count). The molecule has 0 radical (unpaired) electrons. The monoisotopic (exact) mass is 384 g/mol. The van der Waals surface area contributed by atoms with E-state index in [4.69, 9.17) is 0 Å². The Labute approximate surface area is 159 Å². The fourth-order valence-corrected chi connectivity index (χ4v) is 3.30. The van der Waals surface area contributed by atoms with Gasteiger partial charge in [-0.1, -0.05) is 48.2 Å². The summed E-state index contributed by atoms with van der Waals surface area (Å²) < 4.78 is 0. The van der Waals surface area contributed by atoms with Gasteiger partial charge in [0.1, 0.15) is 5.03 Å². The van der Waals surface area contributed by atoms with Crippen molar-refractivity contribution in [1.29, 1.82) is 0 Å². The smallest absolute Gasteiger partial charge is 0.266 e. The maximum absolute atomic E-state index is 11.9. The summed E-state index contributed by atoms with van der Waals surface area (Å²) in [5, 5.41) is 16.0. The number of nitrogens with zero attached hydrogens (tertiary/aromatic N) is 2. The summed E-state index contributed by atoms with van der Waals surface area (Å²) in [5.74, 6) is 0.342. The van der Waals surface area contributed by atoms with Crippen LogP contribution in [-0.4, -0.2) is 27.8 Å². The van der Waals surface area contributed by atoms with Gasteiger partial charge in [-0.3, -0.25) is 9.59 Å². The highest BCUT2D eigenvalue weighted by atomic mass is 32.2. The van der Waals surface area contributed by atoms with Gasteiger partial charge < -0.3 is 10.6 Å². The van der Waals surface area contributed by atoms with Crippen molar-refractivity contribution in [3.05, 3.63) is 70.4 Å². The van der Waals surface area contributed by atoms with Crippen molar-refractivity contribution >= 4 is 40.7 Å². The standard InChI is InChI=1S/C18H16N4O2S2/c23-16(19-11-13-5-2-1-3-6-13)12-26-17-9-8-15(21-22-17)20-18(24)14-7-4-10-25-14/h1-10H,11-12H2,(H,19,23)(H,20,21,24). The third kappa shape index (κ3) is 5.40. The van der Waals surface area contributed by atoms with Gasteiger partial charge in [0.05, 0.1) is 10.6 Å². The summed E-state index contributed by atoms with van der Waals surface area (Å²) in [7, 11) is 0. The molecule has 0 fully saturated rings. The van der Waals surface area contributed by atoms with Gasteiger partial charge in [0.15, 0.2) is 5.82 Å². The maximum Gasteiger partial charge on any atom is 0.266 e. The fourth-order valence-electron chi connectivity index (χ4n) is 2.04. The first-order valence-corrected chi connectivity index (χ1v) is 9.69. The van der Waals surface area contributed by atoms with Gasteiger partial charge in [-0.25, -0.2) is 0 Å². The van der Waals surface area contributed by atoms with Crippen LogP contribution in [0.25, 0.3) is 0 Å². The fraction of sp³-hybridized carbons (Fsp3) is 0.111. The number of anilines is 1. The van der Waals surface area contributed by atoms with E-state index in [0.717, 1.165) is 5.56 Å². The third-order valence-corrected chi connectivity index (χ3v) is 5.10. The Kier molecular flexibility index (Phi) is 6.34. The minimum atomic E-state index is -0.213. The van der Waals surface area contributed by atoms with Crippen LogP contribution in [0, 0.1) is 0 Å². The SMILES string of the molecule is O=C(CSc1ccc(NC(=O)c2cccs2)nn1)NCc1ccccc1. The molecule has 26 heavy (non-hydrogen) atoms. The van der Waals surface area contributed by atoms with E-state index in [9.17, 15) is 9.59 Å². The van der Waals surface area contributed by atoms with Crippen LogP contribution in [-0.2, 0) is 11.3 Å². The summed E-state index contributed by atoms with van der Waals surface area (Å²) in [4.78, 5) is 24.4. The second-order valence-electron chi connectivity index (χ2n) is 5.24. The van der Waals surface area contributed by atoms with Gasteiger partial charge >= 0.3 is 0 Å². The molecule has 2 heterocycles. The number of carbonyl (C=O) groups excluding carboxylic acids is 2. The molecule has 0 bridgehead atoms. The first-order valence-electron chi connectivity index (χ1n) is 7.83. The average Bonchev–Trinajstić information content (AvgIpc) is 3.22. The number of thiophene rings is 1. The molecule has 0 aliphatic heterocycles. The first kappa shape index (κ1) is 18.1. The second-order valence-corrected chi connectivity index (χ2v) is 7.18. The van der Waals surface area contributed by atoms with Crippen LogP contribution in [0.4, 0.5) is 5.82 Å². The summed E-state index contributed by atoms with van der Waals surface area (Å²) >= 11 is 2.65. The lowest BCUT2D eigenvalue weighted by atomic mass is 10.2. The number of rotatable bonds is 7. The molecule has 0 unspecified atom stereocenters. The van der Waals surface area contributed by atoms with Crippen LogP contribution in [0.3, 0.4) is 0 Å². The van der Waals surface area contributed by atoms with Gasteiger partial charge in [0.2, 0.25) is 5.91 Å². The van der Waals surface area contributed by atoms with Crippen LogP contribution in [0.2, 0.25) is 0 Å². The molecule has 6 nitrogen and oxygen atoms in total. The molecule has 0 saturated carbocycles. The number of benzene rings is 1. The van der Waals surface area contributed by atoms with E-state index < -0.39 is 0 Å². The van der Waals surface area contributed by atoms with E-state index in [1.54, 1.807) is 18.2 Å². The average molecular weight is 384 g/mol. The molecule has 2 aromatic heterocycles. The quantitative estimate of drug-likeness (QED) is 0.611. The Bertz CT molecular complexity index is 853. The van der Waals surface area contributed by atoms with E-state index in [1.807, 2.05) is 41.8 Å². The van der Waals surface area contributed by atoms with Crippen molar-refractivity contribution < 1.29 is 9.59 Å². The van der Waals surface area contributed by atoms with Gasteiger partial charge in [-0.15, -0.1) is 21.5 Å². The lowest BCUT2D eigenvalue weighted by Gasteiger charge is -2.05. The number of thioether (sulfide) groups is 1. The van der Waals surface area contributed by atoms with Crippen molar-refractivity contribution in [2.24, 2.45) is 0 Å². The minimum absolute atomic E-state index is 0.0734. The van der Waals surface area contributed by atoms with Crippen LogP contribution in [0.5, 0.6) is 0 Å². The summed E-state index contributed by atoms with van der Waals surface area (Å²) in [6.07, 6.45) is 0. The zero-order valence-corrected chi connectivity index (χ0v) is 15.3. The number of nitrogens with one attached hydrogen (secondary N) is 2. The van der Waals surface area contributed by atoms with E-state index in [0.29, 0.717) is 22.3 Å². The van der Waals surface area contributed by atoms with Gasteiger partial charge in [0.25, 0.3) is 5.91 Å². The van der Waals surface area contributed by atoms with Gasteiger partial charge in [-0.05, 0) is 29.1 Å². The lowest BCUT2D eigenvalue weighted by molar-refractivity contribution is -0.118. The summed E-state index contributed by atoms with van der Waals surface area (Å²) in [5.41, 5.74) is 1.05. The van der Waals surface area contributed by atoms with Crippen molar-refractivity contribution in [2.75, 3.05) is 11.1 Å². The Morgan fingerprint density at radius 1 is 1.00 bits per heavy atom. The number of hydrogen-bond acceptors (Lipinski definition) is 6. The molecule has 0 atom stereocenters. The van der Waals surface area contributed by atoms with E-state index in [2.05, 4.69) is 20.8 Å². The van der Waals surface area contributed by atoms with Crippen LogP contribution < -0.4 is 10.6 Å². The predicted molar refractivity (Wildman–Crippen MR) is 103 cm³/mol.